The smallest absolute Gasteiger partial charge is 0.276 e. The molecule has 0 radical (unpaired) electrons. The number of aliphatic hydroxyl groups is 3. The molecule has 0 saturated heterocycles. The van der Waals surface area contributed by atoms with E-state index >= 15 is 0 Å². The summed E-state index contributed by atoms with van der Waals surface area (Å²) in [5.74, 6) is -3.99. The molecule has 22 heavy (non-hydrogen) atoms. The van der Waals surface area contributed by atoms with E-state index < -0.39 is 24.4 Å². The molecular weight excluding hydrogens is 292 g/mol. The number of fused-ring (bicyclic) bond motifs is 3. The molecule has 3 aliphatic rings. The maximum absolute atomic E-state index is 14.5. The van der Waals surface area contributed by atoms with E-state index in [0.717, 1.165) is 0 Å². The van der Waals surface area contributed by atoms with Gasteiger partial charge in [0.05, 0.1) is 5.92 Å². The molecule has 0 heterocycles. The van der Waals surface area contributed by atoms with Crippen molar-refractivity contribution < 1.29 is 24.1 Å². The number of rotatable bonds is 4. The monoisotopic (exact) mass is 311 g/mol. The number of hydrogen-bond acceptors (Lipinski definition) is 4. The zero-order chi connectivity index (χ0) is 15.9. The number of halogens is 2. The summed E-state index contributed by atoms with van der Waals surface area (Å²) >= 11 is 0. The highest BCUT2D eigenvalue weighted by Crippen LogP contribution is 2.56. The molecule has 3 rings (SSSR count). The van der Waals surface area contributed by atoms with Crippen molar-refractivity contribution in [3.05, 3.63) is 47.1 Å². The van der Waals surface area contributed by atoms with Crippen LogP contribution in [0.5, 0.6) is 0 Å². The van der Waals surface area contributed by atoms with Gasteiger partial charge in [0.25, 0.3) is 5.92 Å². The van der Waals surface area contributed by atoms with Crippen molar-refractivity contribution in [2.45, 2.75) is 31.3 Å². The summed E-state index contributed by atoms with van der Waals surface area (Å²) in [5, 5.41) is 30.2. The number of alkyl halides is 2. The van der Waals surface area contributed by atoms with Crippen LogP contribution in [0.15, 0.2) is 47.1 Å². The highest BCUT2D eigenvalue weighted by atomic mass is 19.3. The highest BCUT2D eigenvalue weighted by molar-refractivity contribution is 5.48. The summed E-state index contributed by atoms with van der Waals surface area (Å²) < 4.78 is 29.0. The molecule has 4 nitrogen and oxygen atoms in total. The van der Waals surface area contributed by atoms with Gasteiger partial charge in [0, 0.05) is 18.0 Å². The second-order valence-corrected chi connectivity index (χ2v) is 5.89. The minimum Gasteiger partial charge on any atom is -0.374 e. The fourth-order valence-corrected chi connectivity index (χ4v) is 3.46. The summed E-state index contributed by atoms with van der Waals surface area (Å²) in [6, 6.07) is 0. The maximum atomic E-state index is 14.5. The molecule has 4 N–H and O–H groups in total. The minimum absolute atomic E-state index is 0.161. The van der Waals surface area contributed by atoms with E-state index in [0.29, 0.717) is 17.6 Å². The molecule has 6 heteroatoms. The predicted octanol–water partition coefficient (Wildman–Crippen LogP) is 1.23. The Balaban J connectivity index is 1.83. The van der Waals surface area contributed by atoms with Gasteiger partial charge in [0.1, 0.15) is 6.23 Å². The van der Waals surface area contributed by atoms with Gasteiger partial charge in [-0.05, 0) is 18.4 Å². The van der Waals surface area contributed by atoms with Crippen molar-refractivity contribution in [3.63, 3.8) is 0 Å². The van der Waals surface area contributed by atoms with Crippen molar-refractivity contribution >= 4 is 0 Å². The second kappa shape index (κ2) is 5.70. The molecule has 0 aromatic heterocycles. The average molecular weight is 311 g/mol. The van der Waals surface area contributed by atoms with Gasteiger partial charge in [-0.25, -0.2) is 8.78 Å². The molecular formula is C16H19F2NO3. The zero-order valence-electron chi connectivity index (χ0n) is 11.9. The van der Waals surface area contributed by atoms with Crippen LogP contribution in [0.3, 0.4) is 0 Å². The van der Waals surface area contributed by atoms with Crippen LogP contribution >= 0.6 is 0 Å². The van der Waals surface area contributed by atoms with E-state index in [1.165, 1.54) is 6.08 Å². The van der Waals surface area contributed by atoms with E-state index in [9.17, 15) is 13.9 Å². The van der Waals surface area contributed by atoms with Crippen LogP contribution in [0, 0.1) is 11.8 Å². The predicted molar refractivity (Wildman–Crippen MR) is 76.8 cm³/mol. The molecule has 3 unspecified atom stereocenters. The van der Waals surface area contributed by atoms with Crippen LogP contribution in [0.2, 0.25) is 0 Å². The van der Waals surface area contributed by atoms with Gasteiger partial charge in [-0.3, -0.25) is 5.32 Å². The summed E-state index contributed by atoms with van der Waals surface area (Å²) in [7, 11) is 0. The summed E-state index contributed by atoms with van der Waals surface area (Å²) in [6.07, 6.45) is 6.32. The minimum atomic E-state index is -2.84. The first kappa shape index (κ1) is 15.6. The zero-order valence-corrected chi connectivity index (χ0v) is 11.9. The Bertz CT molecular complexity index is 578. The van der Waals surface area contributed by atoms with E-state index in [4.69, 9.17) is 10.2 Å². The largest absolute Gasteiger partial charge is 0.374 e. The Morgan fingerprint density at radius 2 is 2.05 bits per heavy atom. The SMILES string of the molecule is OC(O)CNC(O)C1=CCC2C(=C1)C1CC=CC=C1C2(F)F. The number of nitrogens with one attached hydrogen (secondary N) is 1. The Kier molecular flexibility index (Phi) is 4.03. The van der Waals surface area contributed by atoms with Crippen LogP contribution in [-0.4, -0.2) is 40.3 Å². The van der Waals surface area contributed by atoms with Crippen molar-refractivity contribution in [3.8, 4) is 0 Å². The van der Waals surface area contributed by atoms with Crippen molar-refractivity contribution in [2.75, 3.05) is 6.54 Å². The lowest BCUT2D eigenvalue weighted by molar-refractivity contribution is -0.0442. The average Bonchev–Trinajstić information content (AvgIpc) is 2.73. The van der Waals surface area contributed by atoms with E-state index in [1.54, 1.807) is 18.2 Å². The molecule has 0 spiro atoms. The lowest BCUT2D eigenvalue weighted by atomic mass is 9.84. The van der Waals surface area contributed by atoms with Gasteiger partial charge in [0.2, 0.25) is 0 Å². The molecule has 0 bridgehead atoms. The van der Waals surface area contributed by atoms with Crippen LogP contribution in [0.25, 0.3) is 0 Å². The molecule has 1 saturated carbocycles. The lowest BCUT2D eigenvalue weighted by Gasteiger charge is -2.25. The fourth-order valence-electron chi connectivity index (χ4n) is 3.46. The molecule has 1 fully saturated rings. The Morgan fingerprint density at radius 1 is 1.27 bits per heavy atom. The maximum Gasteiger partial charge on any atom is 0.276 e. The van der Waals surface area contributed by atoms with Gasteiger partial charge in [-0.1, -0.05) is 36.0 Å². The van der Waals surface area contributed by atoms with E-state index in [-0.39, 0.29) is 24.5 Å². The van der Waals surface area contributed by atoms with Crippen LogP contribution in [-0.2, 0) is 0 Å². The molecule has 0 amide bonds. The Labute approximate surface area is 127 Å². The lowest BCUT2D eigenvalue weighted by Crippen LogP contribution is -2.37. The Hall–Kier alpha value is -1.34. The first-order valence-corrected chi connectivity index (χ1v) is 7.35. The van der Waals surface area contributed by atoms with Gasteiger partial charge >= 0.3 is 0 Å². The molecule has 0 aliphatic heterocycles. The van der Waals surface area contributed by atoms with Crippen LogP contribution < -0.4 is 5.32 Å². The van der Waals surface area contributed by atoms with Crippen molar-refractivity contribution in [1.82, 2.24) is 5.32 Å². The highest BCUT2D eigenvalue weighted by Gasteiger charge is 2.55. The van der Waals surface area contributed by atoms with Gasteiger partial charge < -0.3 is 15.3 Å². The summed E-state index contributed by atoms with van der Waals surface area (Å²) in [5.41, 5.74) is 1.32. The summed E-state index contributed by atoms with van der Waals surface area (Å²) in [6.45, 7) is -0.196. The van der Waals surface area contributed by atoms with Crippen LogP contribution in [0.1, 0.15) is 12.8 Å². The van der Waals surface area contributed by atoms with Gasteiger partial charge in [-0.2, -0.15) is 0 Å². The van der Waals surface area contributed by atoms with Gasteiger partial charge in [0.15, 0.2) is 6.29 Å². The fraction of sp³-hybridized carbons (Fsp3) is 0.500. The van der Waals surface area contributed by atoms with E-state index in [1.807, 2.05) is 6.08 Å². The second-order valence-electron chi connectivity index (χ2n) is 5.89. The van der Waals surface area contributed by atoms with Crippen molar-refractivity contribution in [1.29, 1.82) is 0 Å². The number of hydrogen-bond donors (Lipinski definition) is 4. The Morgan fingerprint density at radius 3 is 2.77 bits per heavy atom. The molecule has 0 aromatic carbocycles. The first-order chi connectivity index (χ1) is 10.4. The van der Waals surface area contributed by atoms with Crippen molar-refractivity contribution in [2.24, 2.45) is 11.8 Å². The number of allylic oxidation sites excluding steroid dienone is 6. The standard InChI is InChI=1S/C16H19F2NO3/c17-16(18)12-4-2-1-3-10(12)11-7-9(5-6-13(11)16)15(22)19-8-14(20)21/h1-2,4-5,7,10,13-15,19-22H,3,6,8H2. The molecule has 3 atom stereocenters. The normalized spacial score (nSPS) is 30.4. The third-order valence-electron chi connectivity index (χ3n) is 4.52. The molecule has 0 aromatic rings. The van der Waals surface area contributed by atoms with Crippen LogP contribution in [0.4, 0.5) is 8.78 Å². The van der Waals surface area contributed by atoms with E-state index in [2.05, 4.69) is 5.32 Å². The first-order valence-electron chi connectivity index (χ1n) is 7.35. The van der Waals surface area contributed by atoms with Gasteiger partial charge in [-0.15, -0.1) is 0 Å². The third-order valence-corrected chi connectivity index (χ3v) is 4.52. The molecule has 120 valence electrons. The quantitative estimate of drug-likeness (QED) is 0.589. The number of aliphatic hydroxyl groups excluding tert-OH is 2. The third kappa shape index (κ3) is 2.56. The molecule has 3 aliphatic carbocycles. The summed E-state index contributed by atoms with van der Waals surface area (Å²) in [4.78, 5) is 0. The topological polar surface area (TPSA) is 72.7 Å².